The van der Waals surface area contributed by atoms with Crippen molar-refractivity contribution in [2.24, 2.45) is 0 Å². The first kappa shape index (κ1) is 16.4. The average Bonchev–Trinajstić information content (AvgIpc) is 3.02. The van der Waals surface area contributed by atoms with Crippen molar-refractivity contribution in [1.29, 1.82) is 0 Å². The van der Waals surface area contributed by atoms with Gasteiger partial charge in [-0.05, 0) is 19.4 Å². The smallest absolute Gasteiger partial charge is 0.275 e. The van der Waals surface area contributed by atoms with Crippen LogP contribution in [0.5, 0.6) is 0 Å². The van der Waals surface area contributed by atoms with Crippen molar-refractivity contribution in [3.63, 3.8) is 0 Å². The zero-order valence-corrected chi connectivity index (χ0v) is 13.9. The van der Waals surface area contributed by atoms with E-state index in [4.69, 9.17) is 4.74 Å². The Kier molecular flexibility index (Phi) is 4.75. The summed E-state index contributed by atoms with van der Waals surface area (Å²) in [5.41, 5.74) is 0.705. The Hall–Kier alpha value is -2.48. The van der Waals surface area contributed by atoms with Crippen molar-refractivity contribution in [2.75, 3.05) is 19.8 Å². The van der Waals surface area contributed by atoms with Crippen LogP contribution in [0.2, 0.25) is 0 Å². The van der Waals surface area contributed by atoms with Gasteiger partial charge in [0.15, 0.2) is 0 Å². The van der Waals surface area contributed by atoms with Gasteiger partial charge in [-0.25, -0.2) is 4.98 Å². The van der Waals surface area contributed by atoms with Gasteiger partial charge in [0.2, 0.25) is 0 Å². The summed E-state index contributed by atoms with van der Waals surface area (Å²) in [6, 6.07) is 2.76. The normalized spacial score (nSPS) is 17.9. The molecule has 1 fully saturated rings. The predicted molar refractivity (Wildman–Crippen MR) is 86.7 cm³/mol. The summed E-state index contributed by atoms with van der Waals surface area (Å²) < 4.78 is 7.27. The van der Waals surface area contributed by atoms with E-state index in [1.165, 1.54) is 6.07 Å². The summed E-state index contributed by atoms with van der Waals surface area (Å²) in [6.45, 7) is 5.76. The first-order valence-corrected chi connectivity index (χ1v) is 8.08. The molecular weight excluding hydrogens is 310 g/mol. The molecule has 1 aliphatic heterocycles. The van der Waals surface area contributed by atoms with E-state index in [9.17, 15) is 9.59 Å². The SMILES string of the molecule is CCCn1ccc(C(=O)N2CCOCC2c2cc(=O)[nH]c(C)n2)n1. The Balaban J connectivity index is 1.88. The van der Waals surface area contributed by atoms with Gasteiger partial charge in [0, 0.05) is 25.4 Å². The number of aromatic amines is 1. The van der Waals surface area contributed by atoms with Crippen LogP contribution in [-0.4, -0.2) is 50.3 Å². The Bertz CT molecular complexity index is 782. The van der Waals surface area contributed by atoms with Gasteiger partial charge in [0.25, 0.3) is 11.5 Å². The monoisotopic (exact) mass is 331 g/mol. The molecule has 8 nitrogen and oxygen atoms in total. The molecule has 2 aromatic rings. The van der Waals surface area contributed by atoms with Gasteiger partial charge in [-0.15, -0.1) is 0 Å². The van der Waals surface area contributed by atoms with Crippen molar-refractivity contribution in [2.45, 2.75) is 32.9 Å². The Morgan fingerprint density at radius 3 is 3.08 bits per heavy atom. The minimum Gasteiger partial charge on any atom is -0.377 e. The molecule has 24 heavy (non-hydrogen) atoms. The molecule has 0 aromatic carbocycles. The molecule has 0 spiro atoms. The first-order chi connectivity index (χ1) is 11.6. The fourth-order valence-electron chi connectivity index (χ4n) is 2.84. The van der Waals surface area contributed by atoms with E-state index in [0.717, 1.165) is 13.0 Å². The molecule has 1 unspecified atom stereocenters. The molecule has 1 amide bonds. The fourth-order valence-corrected chi connectivity index (χ4v) is 2.84. The molecule has 1 saturated heterocycles. The highest BCUT2D eigenvalue weighted by Crippen LogP contribution is 2.23. The third-order valence-electron chi connectivity index (χ3n) is 3.92. The van der Waals surface area contributed by atoms with E-state index in [1.807, 2.05) is 6.20 Å². The van der Waals surface area contributed by atoms with Crippen LogP contribution < -0.4 is 5.56 Å². The summed E-state index contributed by atoms with van der Waals surface area (Å²) in [5.74, 6) is 0.348. The topological polar surface area (TPSA) is 93.1 Å². The number of amides is 1. The number of carbonyl (C=O) groups excluding carboxylic acids is 1. The van der Waals surface area contributed by atoms with Gasteiger partial charge in [-0.2, -0.15) is 5.10 Å². The van der Waals surface area contributed by atoms with Crippen molar-refractivity contribution in [1.82, 2.24) is 24.6 Å². The van der Waals surface area contributed by atoms with Gasteiger partial charge in [0.1, 0.15) is 11.5 Å². The number of H-pyrrole nitrogens is 1. The van der Waals surface area contributed by atoms with Crippen molar-refractivity contribution < 1.29 is 9.53 Å². The molecule has 1 aliphatic rings. The van der Waals surface area contributed by atoms with Crippen LogP contribution in [0.15, 0.2) is 23.1 Å². The number of ether oxygens (including phenoxy) is 1. The molecule has 128 valence electrons. The van der Waals surface area contributed by atoms with Crippen molar-refractivity contribution >= 4 is 5.91 Å². The predicted octanol–water partition coefficient (Wildman–Crippen LogP) is 0.899. The number of nitrogens with one attached hydrogen (secondary N) is 1. The van der Waals surface area contributed by atoms with E-state index >= 15 is 0 Å². The number of hydrogen-bond acceptors (Lipinski definition) is 5. The zero-order valence-electron chi connectivity index (χ0n) is 13.9. The molecule has 8 heteroatoms. The summed E-state index contributed by atoms with van der Waals surface area (Å²) >= 11 is 0. The second-order valence-corrected chi connectivity index (χ2v) is 5.81. The quantitative estimate of drug-likeness (QED) is 0.898. The molecule has 3 heterocycles. The maximum absolute atomic E-state index is 12.9. The van der Waals surface area contributed by atoms with E-state index in [2.05, 4.69) is 22.0 Å². The van der Waals surface area contributed by atoms with Crippen LogP contribution in [0.3, 0.4) is 0 Å². The molecule has 1 atom stereocenters. The number of morpholine rings is 1. The molecule has 0 saturated carbocycles. The van der Waals surface area contributed by atoms with Crippen LogP contribution >= 0.6 is 0 Å². The lowest BCUT2D eigenvalue weighted by Gasteiger charge is -2.34. The Morgan fingerprint density at radius 2 is 2.33 bits per heavy atom. The van der Waals surface area contributed by atoms with Gasteiger partial charge < -0.3 is 14.6 Å². The molecule has 2 aromatic heterocycles. The second kappa shape index (κ2) is 6.96. The zero-order chi connectivity index (χ0) is 17.1. The highest BCUT2D eigenvalue weighted by Gasteiger charge is 2.31. The van der Waals surface area contributed by atoms with Gasteiger partial charge in [-0.1, -0.05) is 6.92 Å². The molecule has 0 radical (unpaired) electrons. The van der Waals surface area contributed by atoms with Crippen molar-refractivity contribution in [3.05, 3.63) is 45.9 Å². The molecule has 0 bridgehead atoms. The van der Waals surface area contributed by atoms with Crippen LogP contribution in [0, 0.1) is 6.92 Å². The third-order valence-corrected chi connectivity index (χ3v) is 3.92. The first-order valence-electron chi connectivity index (χ1n) is 8.08. The summed E-state index contributed by atoms with van der Waals surface area (Å²) in [7, 11) is 0. The number of aromatic nitrogens is 4. The summed E-state index contributed by atoms with van der Waals surface area (Å²) in [4.78, 5) is 33.2. The second-order valence-electron chi connectivity index (χ2n) is 5.81. The number of hydrogen-bond donors (Lipinski definition) is 1. The van der Waals surface area contributed by atoms with Gasteiger partial charge in [0.05, 0.1) is 24.9 Å². The highest BCUT2D eigenvalue weighted by atomic mass is 16.5. The molecule has 0 aliphatic carbocycles. The Morgan fingerprint density at radius 1 is 1.50 bits per heavy atom. The number of carbonyl (C=O) groups is 1. The number of nitrogens with zero attached hydrogens (tertiary/aromatic N) is 4. The highest BCUT2D eigenvalue weighted by molar-refractivity contribution is 5.92. The molecule has 1 N–H and O–H groups in total. The third kappa shape index (κ3) is 3.38. The van der Waals surface area contributed by atoms with E-state index in [1.54, 1.807) is 22.6 Å². The summed E-state index contributed by atoms with van der Waals surface area (Å²) in [6.07, 6.45) is 2.76. The maximum atomic E-state index is 12.9. The fraction of sp³-hybridized carbons (Fsp3) is 0.500. The lowest BCUT2D eigenvalue weighted by Crippen LogP contribution is -2.44. The summed E-state index contributed by atoms with van der Waals surface area (Å²) in [5, 5.41) is 4.33. The molecular formula is C16H21N5O3. The maximum Gasteiger partial charge on any atom is 0.275 e. The van der Waals surface area contributed by atoms with Gasteiger partial charge >= 0.3 is 0 Å². The van der Waals surface area contributed by atoms with Crippen LogP contribution in [0.25, 0.3) is 0 Å². The average molecular weight is 331 g/mol. The number of rotatable bonds is 4. The standard InChI is InChI=1S/C16H21N5O3/c1-3-5-20-6-4-12(19-20)16(23)21-7-8-24-10-14(21)13-9-15(22)18-11(2)17-13/h4,6,9,14H,3,5,7-8,10H2,1-2H3,(H,17,18,22). The lowest BCUT2D eigenvalue weighted by atomic mass is 10.1. The Labute approximate surface area is 139 Å². The van der Waals surface area contributed by atoms with Crippen LogP contribution in [-0.2, 0) is 11.3 Å². The van der Waals surface area contributed by atoms with Crippen LogP contribution in [0.4, 0.5) is 0 Å². The number of aryl methyl sites for hydroxylation is 2. The lowest BCUT2D eigenvalue weighted by molar-refractivity contribution is -0.00436. The minimum absolute atomic E-state index is 0.169. The van der Waals surface area contributed by atoms with E-state index < -0.39 is 0 Å². The van der Waals surface area contributed by atoms with E-state index in [0.29, 0.717) is 37.0 Å². The largest absolute Gasteiger partial charge is 0.377 e. The van der Waals surface area contributed by atoms with Crippen LogP contribution in [0.1, 0.15) is 41.4 Å². The van der Waals surface area contributed by atoms with Crippen molar-refractivity contribution in [3.8, 4) is 0 Å². The molecule has 3 rings (SSSR count). The van der Waals surface area contributed by atoms with E-state index in [-0.39, 0.29) is 17.5 Å². The minimum atomic E-state index is -0.386. The van der Waals surface area contributed by atoms with Gasteiger partial charge in [-0.3, -0.25) is 14.3 Å².